The van der Waals surface area contributed by atoms with Crippen molar-refractivity contribution < 1.29 is 14.1 Å². The first-order chi connectivity index (χ1) is 10.6. The summed E-state index contributed by atoms with van der Waals surface area (Å²) in [6.07, 6.45) is 3.75. The zero-order valence-corrected chi connectivity index (χ0v) is 13.4. The van der Waals surface area contributed by atoms with Gasteiger partial charge in [0.1, 0.15) is 11.3 Å². The van der Waals surface area contributed by atoms with E-state index >= 15 is 0 Å². The Bertz CT molecular complexity index is 616. The minimum Gasteiger partial charge on any atom is -0.459 e. The summed E-state index contributed by atoms with van der Waals surface area (Å²) >= 11 is 0. The van der Waals surface area contributed by atoms with Gasteiger partial charge < -0.3 is 14.6 Å². The van der Waals surface area contributed by atoms with Crippen LogP contribution in [0.3, 0.4) is 0 Å². The zero-order valence-electron chi connectivity index (χ0n) is 13.4. The van der Waals surface area contributed by atoms with Crippen molar-refractivity contribution in [1.29, 1.82) is 0 Å². The Labute approximate surface area is 131 Å². The third-order valence-electron chi connectivity index (χ3n) is 4.72. The van der Waals surface area contributed by atoms with Gasteiger partial charge in [-0.25, -0.2) is 0 Å². The van der Waals surface area contributed by atoms with E-state index in [0.29, 0.717) is 12.6 Å². The maximum atomic E-state index is 12.3. The Morgan fingerprint density at radius 3 is 3.00 bits per heavy atom. The number of amides is 1. The fraction of sp³-hybridized carbons (Fsp3) is 0.500. The van der Waals surface area contributed by atoms with Crippen molar-refractivity contribution in [2.24, 2.45) is 0 Å². The first-order valence-electron chi connectivity index (χ1n) is 8.26. The van der Waals surface area contributed by atoms with Gasteiger partial charge in [-0.3, -0.25) is 4.79 Å². The average Bonchev–Trinajstić information content (AvgIpc) is 2.93. The van der Waals surface area contributed by atoms with Crippen molar-refractivity contribution in [2.45, 2.75) is 45.2 Å². The van der Waals surface area contributed by atoms with Crippen LogP contribution in [0, 0.1) is 0 Å². The van der Waals surface area contributed by atoms with Crippen LogP contribution in [0.1, 0.15) is 44.9 Å². The third-order valence-corrected chi connectivity index (χ3v) is 4.72. The molecule has 1 saturated heterocycles. The van der Waals surface area contributed by atoms with E-state index in [9.17, 15) is 4.79 Å². The normalized spacial score (nSPS) is 23.4. The summed E-state index contributed by atoms with van der Waals surface area (Å²) in [6, 6.07) is 10.4. The molecule has 1 aromatic carbocycles. The van der Waals surface area contributed by atoms with Crippen LogP contribution in [-0.2, 0) is 4.79 Å². The van der Waals surface area contributed by atoms with Gasteiger partial charge in [-0.15, -0.1) is 0 Å². The molecule has 1 aliphatic rings. The predicted molar refractivity (Wildman–Crippen MR) is 86.8 cm³/mol. The van der Waals surface area contributed by atoms with Crippen LogP contribution < -0.4 is 10.2 Å². The van der Waals surface area contributed by atoms with Crippen LogP contribution in [0.25, 0.3) is 11.0 Å². The number of quaternary nitrogens is 1. The third kappa shape index (κ3) is 3.33. The summed E-state index contributed by atoms with van der Waals surface area (Å²) in [4.78, 5) is 13.7. The number of piperidine rings is 1. The molecule has 3 rings (SSSR count). The molecule has 2 N–H and O–H groups in total. The number of nitrogens with one attached hydrogen (secondary N) is 2. The predicted octanol–water partition coefficient (Wildman–Crippen LogP) is 2.07. The highest BCUT2D eigenvalue weighted by Crippen LogP contribution is 2.23. The molecule has 4 nitrogen and oxygen atoms in total. The molecule has 22 heavy (non-hydrogen) atoms. The molecule has 118 valence electrons. The average molecular weight is 301 g/mol. The van der Waals surface area contributed by atoms with Crippen LogP contribution in [0.4, 0.5) is 0 Å². The molecule has 1 aliphatic heterocycles. The quantitative estimate of drug-likeness (QED) is 0.908. The maximum Gasteiger partial charge on any atom is 0.275 e. The molecule has 2 heterocycles. The Balaban J connectivity index is 1.60. The summed E-state index contributed by atoms with van der Waals surface area (Å²) < 4.78 is 5.82. The Morgan fingerprint density at radius 1 is 1.41 bits per heavy atom. The lowest BCUT2D eigenvalue weighted by Gasteiger charge is -2.29. The lowest BCUT2D eigenvalue weighted by molar-refractivity contribution is -0.921. The van der Waals surface area contributed by atoms with Crippen LogP contribution in [-0.4, -0.2) is 25.0 Å². The number of hydrogen-bond donors (Lipinski definition) is 2. The molecule has 0 aliphatic carbocycles. The van der Waals surface area contributed by atoms with Crippen LogP contribution in [0.15, 0.2) is 34.7 Å². The number of fused-ring (bicyclic) bond motifs is 1. The summed E-state index contributed by atoms with van der Waals surface area (Å²) in [5.74, 6) is 0.924. The van der Waals surface area contributed by atoms with Gasteiger partial charge in [0.05, 0.1) is 18.6 Å². The van der Waals surface area contributed by atoms with E-state index in [1.54, 1.807) is 0 Å². The fourth-order valence-electron chi connectivity index (χ4n) is 3.30. The monoisotopic (exact) mass is 301 g/mol. The molecule has 1 aromatic heterocycles. The number of carbonyl (C=O) groups excluding carboxylic acids is 1. The Kier molecular flexibility index (Phi) is 4.48. The van der Waals surface area contributed by atoms with Crippen LogP contribution in [0.2, 0.25) is 0 Å². The van der Waals surface area contributed by atoms with Crippen LogP contribution in [0.5, 0.6) is 0 Å². The largest absolute Gasteiger partial charge is 0.459 e. The second-order valence-corrected chi connectivity index (χ2v) is 6.46. The highest BCUT2D eigenvalue weighted by Gasteiger charge is 2.25. The van der Waals surface area contributed by atoms with Gasteiger partial charge in [0.25, 0.3) is 5.91 Å². The molecule has 0 bridgehead atoms. The van der Waals surface area contributed by atoms with Crippen molar-refractivity contribution in [1.82, 2.24) is 5.32 Å². The summed E-state index contributed by atoms with van der Waals surface area (Å²) in [6.45, 7) is 5.88. The molecule has 3 atom stereocenters. The minimum atomic E-state index is -0.0978. The first kappa shape index (κ1) is 15.1. The number of para-hydroxylation sites is 1. The molecule has 0 radical (unpaired) electrons. The van der Waals surface area contributed by atoms with E-state index in [-0.39, 0.29) is 11.9 Å². The number of likely N-dealkylation sites (tertiary alicyclic amines) is 1. The van der Waals surface area contributed by atoms with Gasteiger partial charge in [0.2, 0.25) is 0 Å². The summed E-state index contributed by atoms with van der Waals surface area (Å²) in [7, 11) is 0. The summed E-state index contributed by atoms with van der Waals surface area (Å²) in [5.41, 5.74) is 0.869. The van der Waals surface area contributed by atoms with Gasteiger partial charge in [-0.2, -0.15) is 0 Å². The van der Waals surface area contributed by atoms with Crippen molar-refractivity contribution in [3.63, 3.8) is 0 Å². The van der Waals surface area contributed by atoms with E-state index in [1.807, 2.05) is 37.3 Å². The molecule has 1 amide bonds. The van der Waals surface area contributed by atoms with E-state index in [4.69, 9.17) is 4.42 Å². The van der Waals surface area contributed by atoms with E-state index in [2.05, 4.69) is 12.2 Å². The number of benzene rings is 1. The molecule has 0 saturated carbocycles. The molecule has 1 unspecified atom stereocenters. The molecule has 4 heteroatoms. The van der Waals surface area contributed by atoms with Crippen molar-refractivity contribution in [3.05, 3.63) is 36.1 Å². The second-order valence-electron chi connectivity index (χ2n) is 6.46. The van der Waals surface area contributed by atoms with Gasteiger partial charge in [-0.1, -0.05) is 18.2 Å². The molecule has 2 aromatic rings. The molecular weight excluding hydrogens is 276 g/mol. The number of rotatable bonds is 4. The highest BCUT2D eigenvalue weighted by molar-refractivity contribution is 5.79. The van der Waals surface area contributed by atoms with E-state index in [0.717, 1.165) is 23.3 Å². The topological polar surface area (TPSA) is 46.7 Å². The highest BCUT2D eigenvalue weighted by atomic mass is 16.3. The molecule has 1 fully saturated rings. The van der Waals surface area contributed by atoms with Crippen molar-refractivity contribution in [3.8, 4) is 0 Å². The Hall–Kier alpha value is -1.81. The van der Waals surface area contributed by atoms with Gasteiger partial charge in [-0.05, 0) is 45.2 Å². The van der Waals surface area contributed by atoms with E-state index in [1.165, 1.54) is 24.2 Å². The molecule has 0 spiro atoms. The lowest BCUT2D eigenvalue weighted by Crippen LogP contribution is -3.17. The Morgan fingerprint density at radius 2 is 2.23 bits per heavy atom. The van der Waals surface area contributed by atoms with Crippen LogP contribution >= 0.6 is 0 Å². The SMILES string of the molecule is C[C@H](NC(=O)C[NH+]1CCCC[C@@H]1C)c1cc2ccccc2o1. The van der Waals surface area contributed by atoms with Gasteiger partial charge >= 0.3 is 0 Å². The molecular formula is C18H25N2O2+. The summed E-state index contributed by atoms with van der Waals surface area (Å²) in [5, 5.41) is 4.15. The van der Waals surface area contributed by atoms with Gasteiger partial charge in [0.15, 0.2) is 6.54 Å². The number of hydrogen-bond acceptors (Lipinski definition) is 2. The number of carbonyl (C=O) groups is 1. The smallest absolute Gasteiger partial charge is 0.275 e. The van der Waals surface area contributed by atoms with Crippen molar-refractivity contribution in [2.75, 3.05) is 13.1 Å². The fourth-order valence-corrected chi connectivity index (χ4v) is 3.30. The lowest BCUT2D eigenvalue weighted by atomic mass is 10.0. The van der Waals surface area contributed by atoms with Gasteiger partial charge in [0, 0.05) is 5.39 Å². The maximum absolute atomic E-state index is 12.3. The standard InChI is InChI=1S/C18H24N2O2/c1-13-7-5-6-10-20(13)12-18(21)19-14(2)17-11-15-8-3-4-9-16(15)22-17/h3-4,8-9,11,13-14H,5-7,10,12H2,1-2H3,(H,19,21)/p+1/t13-,14-/m0/s1. The second kappa shape index (κ2) is 6.53. The zero-order chi connectivity index (χ0) is 15.5. The van der Waals surface area contributed by atoms with Crippen molar-refractivity contribution >= 4 is 16.9 Å². The minimum absolute atomic E-state index is 0.0978. The van der Waals surface area contributed by atoms with E-state index < -0.39 is 0 Å². The number of furan rings is 1. The first-order valence-corrected chi connectivity index (χ1v) is 8.26.